The molecule has 8 heteroatoms. The average molecular weight is 431 g/mol. The highest BCUT2D eigenvalue weighted by molar-refractivity contribution is 7.13. The highest BCUT2D eigenvalue weighted by Crippen LogP contribution is 2.22. The monoisotopic (exact) mass is 430 g/mol. The first-order chi connectivity index (χ1) is 12.3. The minimum absolute atomic E-state index is 0. The minimum atomic E-state index is 0. The number of amides is 1. The van der Waals surface area contributed by atoms with Crippen molar-refractivity contribution >= 4 is 42.1 Å². The van der Waals surface area contributed by atoms with E-state index in [4.69, 9.17) is 0 Å². The van der Waals surface area contributed by atoms with Crippen LogP contribution in [0.3, 0.4) is 0 Å². The van der Waals surface area contributed by atoms with Gasteiger partial charge in [-0.2, -0.15) is 0 Å². The summed E-state index contributed by atoms with van der Waals surface area (Å²) in [4.78, 5) is 20.7. The molecule has 2 aromatic heterocycles. The summed E-state index contributed by atoms with van der Waals surface area (Å²) in [5, 5.41) is 9.42. The van der Waals surface area contributed by atoms with E-state index in [0.717, 1.165) is 22.8 Å². The third-order valence-electron chi connectivity index (χ3n) is 4.54. The first-order valence-electron chi connectivity index (χ1n) is 9.16. The Kier molecular flexibility index (Phi) is 11.5. The van der Waals surface area contributed by atoms with Crippen LogP contribution in [0.4, 0.5) is 0 Å². The highest BCUT2D eigenvalue weighted by Gasteiger charge is 2.12. The number of carbonyl (C=O) groups excluding carboxylic acids is 1. The normalized spacial score (nSPS) is 14.5. The van der Waals surface area contributed by atoms with E-state index >= 15 is 0 Å². The molecule has 2 aromatic rings. The zero-order valence-electron chi connectivity index (χ0n) is 15.4. The van der Waals surface area contributed by atoms with Crippen molar-refractivity contribution < 1.29 is 4.79 Å². The molecule has 1 saturated carbocycles. The van der Waals surface area contributed by atoms with E-state index in [2.05, 4.69) is 20.6 Å². The minimum Gasteiger partial charge on any atom is -0.354 e. The maximum absolute atomic E-state index is 12.1. The number of carbonyl (C=O) groups is 1. The van der Waals surface area contributed by atoms with Crippen LogP contribution in [0.25, 0.3) is 10.6 Å². The van der Waals surface area contributed by atoms with Crippen molar-refractivity contribution in [1.29, 1.82) is 0 Å². The molecule has 0 spiro atoms. The van der Waals surface area contributed by atoms with Crippen LogP contribution in [0, 0.1) is 0 Å². The molecule has 0 aromatic carbocycles. The van der Waals surface area contributed by atoms with Crippen LogP contribution in [-0.4, -0.2) is 35.0 Å². The van der Waals surface area contributed by atoms with Crippen LogP contribution in [0.2, 0.25) is 0 Å². The topological polar surface area (TPSA) is 66.9 Å². The number of halogens is 2. The van der Waals surface area contributed by atoms with Gasteiger partial charge in [-0.25, -0.2) is 4.98 Å². The largest absolute Gasteiger partial charge is 0.354 e. The average Bonchev–Trinajstić information content (AvgIpc) is 2.94. The molecule has 1 amide bonds. The summed E-state index contributed by atoms with van der Waals surface area (Å²) in [6.45, 7) is 1.52. The summed E-state index contributed by atoms with van der Waals surface area (Å²) in [5.41, 5.74) is 1.81. The molecule has 2 N–H and O–H groups in total. The summed E-state index contributed by atoms with van der Waals surface area (Å²) in [7, 11) is 0. The van der Waals surface area contributed by atoms with Gasteiger partial charge in [-0.1, -0.05) is 25.7 Å². The van der Waals surface area contributed by atoms with Gasteiger partial charge in [-0.15, -0.1) is 36.2 Å². The Morgan fingerprint density at radius 2 is 1.93 bits per heavy atom. The van der Waals surface area contributed by atoms with Gasteiger partial charge in [0.2, 0.25) is 5.91 Å². The van der Waals surface area contributed by atoms with Gasteiger partial charge in [-0.05, 0) is 25.0 Å². The van der Waals surface area contributed by atoms with E-state index in [0.29, 0.717) is 19.0 Å². The molecule has 0 aliphatic heterocycles. The molecule has 150 valence electrons. The maximum Gasteiger partial charge on any atom is 0.226 e. The molecule has 1 aliphatic rings. The van der Waals surface area contributed by atoms with Crippen molar-refractivity contribution in [1.82, 2.24) is 20.6 Å². The van der Waals surface area contributed by atoms with Gasteiger partial charge in [0.15, 0.2) is 0 Å². The van der Waals surface area contributed by atoms with Crippen LogP contribution < -0.4 is 10.6 Å². The predicted octanol–water partition coefficient (Wildman–Crippen LogP) is 4.02. The predicted molar refractivity (Wildman–Crippen MR) is 116 cm³/mol. The van der Waals surface area contributed by atoms with E-state index in [9.17, 15) is 4.79 Å². The molecule has 0 unspecified atom stereocenters. The molecular weight excluding hydrogens is 403 g/mol. The molecule has 0 radical (unpaired) electrons. The molecule has 1 aliphatic carbocycles. The SMILES string of the molecule is Cl.Cl.O=C(Cc1csc(-c2cccnc2)n1)NCCNC1CCCCCC1. The van der Waals surface area contributed by atoms with Crippen molar-refractivity contribution in [3.05, 3.63) is 35.6 Å². The fraction of sp³-hybridized carbons (Fsp3) is 0.526. The Morgan fingerprint density at radius 1 is 1.15 bits per heavy atom. The number of hydrogen-bond acceptors (Lipinski definition) is 5. The second-order valence-electron chi connectivity index (χ2n) is 6.56. The Hall–Kier alpha value is -1.21. The van der Waals surface area contributed by atoms with E-state index in [-0.39, 0.29) is 30.7 Å². The number of aromatic nitrogens is 2. The van der Waals surface area contributed by atoms with E-state index in [1.54, 1.807) is 23.7 Å². The van der Waals surface area contributed by atoms with Crippen molar-refractivity contribution in [2.75, 3.05) is 13.1 Å². The second kappa shape index (κ2) is 13.0. The first kappa shape index (κ1) is 23.8. The Balaban J connectivity index is 0.00000182. The molecule has 5 nitrogen and oxygen atoms in total. The van der Waals surface area contributed by atoms with Gasteiger partial charge in [0.05, 0.1) is 12.1 Å². The summed E-state index contributed by atoms with van der Waals surface area (Å²) < 4.78 is 0. The number of thiazole rings is 1. The van der Waals surface area contributed by atoms with Crippen LogP contribution in [-0.2, 0) is 11.2 Å². The number of nitrogens with zero attached hydrogens (tertiary/aromatic N) is 2. The lowest BCUT2D eigenvalue weighted by molar-refractivity contribution is -0.120. The van der Waals surface area contributed by atoms with Crippen molar-refractivity contribution in [3.8, 4) is 10.6 Å². The van der Waals surface area contributed by atoms with Gasteiger partial charge in [-0.3, -0.25) is 9.78 Å². The summed E-state index contributed by atoms with van der Waals surface area (Å²) in [6, 6.07) is 4.50. The van der Waals surface area contributed by atoms with Gasteiger partial charge in [0.1, 0.15) is 5.01 Å². The third kappa shape index (κ3) is 8.13. The van der Waals surface area contributed by atoms with E-state index in [1.165, 1.54) is 38.5 Å². The quantitative estimate of drug-likeness (QED) is 0.513. The summed E-state index contributed by atoms with van der Waals surface area (Å²) in [6.07, 6.45) is 11.8. The molecule has 2 heterocycles. The molecule has 0 bridgehead atoms. The summed E-state index contributed by atoms with van der Waals surface area (Å²) >= 11 is 1.55. The van der Waals surface area contributed by atoms with Crippen molar-refractivity contribution in [2.24, 2.45) is 0 Å². The standard InChI is InChI=1S/C19H26N4OS.2ClH/c24-18(22-11-10-21-16-7-3-1-2-4-8-16)12-17-14-25-19(23-17)15-6-5-9-20-13-15;;/h5-6,9,13-14,16,21H,1-4,7-8,10-12H2,(H,22,24);2*1H. The number of nitrogens with one attached hydrogen (secondary N) is 2. The van der Waals surface area contributed by atoms with Crippen LogP contribution >= 0.6 is 36.2 Å². The number of pyridine rings is 1. The molecular formula is C19H28Cl2N4OS. The Labute approximate surface area is 177 Å². The zero-order valence-corrected chi connectivity index (χ0v) is 17.8. The lowest BCUT2D eigenvalue weighted by atomic mass is 10.1. The van der Waals surface area contributed by atoms with Crippen molar-refractivity contribution in [2.45, 2.75) is 51.0 Å². The smallest absolute Gasteiger partial charge is 0.226 e. The Morgan fingerprint density at radius 3 is 2.63 bits per heavy atom. The molecule has 0 saturated heterocycles. The molecule has 3 rings (SSSR count). The van der Waals surface area contributed by atoms with Gasteiger partial charge < -0.3 is 10.6 Å². The lowest BCUT2D eigenvalue weighted by Crippen LogP contribution is -2.37. The van der Waals surface area contributed by atoms with Gasteiger partial charge in [0.25, 0.3) is 0 Å². The van der Waals surface area contributed by atoms with Crippen molar-refractivity contribution in [3.63, 3.8) is 0 Å². The second-order valence-corrected chi connectivity index (χ2v) is 7.41. The van der Waals surface area contributed by atoms with E-state index < -0.39 is 0 Å². The molecule has 1 fully saturated rings. The maximum atomic E-state index is 12.1. The zero-order chi connectivity index (χ0) is 17.3. The fourth-order valence-electron chi connectivity index (χ4n) is 3.20. The van der Waals surface area contributed by atoms with Crippen LogP contribution in [0.5, 0.6) is 0 Å². The van der Waals surface area contributed by atoms with Gasteiger partial charge in [0, 0.05) is 42.5 Å². The fourth-order valence-corrected chi connectivity index (χ4v) is 4.01. The third-order valence-corrected chi connectivity index (χ3v) is 5.48. The van der Waals surface area contributed by atoms with E-state index in [1.807, 2.05) is 17.5 Å². The highest BCUT2D eigenvalue weighted by atomic mass is 35.5. The van der Waals surface area contributed by atoms with Crippen LogP contribution in [0.1, 0.15) is 44.2 Å². The number of rotatable bonds is 7. The first-order valence-corrected chi connectivity index (χ1v) is 10.0. The van der Waals surface area contributed by atoms with Crippen LogP contribution in [0.15, 0.2) is 29.9 Å². The molecule has 0 atom stereocenters. The van der Waals surface area contributed by atoms with Gasteiger partial charge >= 0.3 is 0 Å². The Bertz CT molecular complexity index is 661. The summed E-state index contributed by atoms with van der Waals surface area (Å²) in [5.74, 6) is 0.0331. The lowest BCUT2D eigenvalue weighted by Gasteiger charge is -2.16. The molecule has 27 heavy (non-hydrogen) atoms. The number of hydrogen-bond donors (Lipinski definition) is 2.